The zero-order chi connectivity index (χ0) is 13.3. The zero-order valence-electron chi connectivity index (χ0n) is 9.40. The van der Waals surface area contributed by atoms with Gasteiger partial charge in [-0.3, -0.25) is 4.79 Å². The summed E-state index contributed by atoms with van der Waals surface area (Å²) >= 11 is 5.72. The summed E-state index contributed by atoms with van der Waals surface area (Å²) in [5.41, 5.74) is 0.00446. The first-order chi connectivity index (χ1) is 8.52. The summed E-state index contributed by atoms with van der Waals surface area (Å²) in [5, 5.41) is 8.74. The van der Waals surface area contributed by atoms with Crippen LogP contribution in [0.4, 0.5) is 4.39 Å². The van der Waals surface area contributed by atoms with E-state index in [2.05, 4.69) is 0 Å². The van der Waals surface area contributed by atoms with Crippen LogP contribution in [-0.2, 0) is 4.79 Å². The van der Waals surface area contributed by atoms with E-state index in [0.29, 0.717) is 19.4 Å². The van der Waals surface area contributed by atoms with Crippen molar-refractivity contribution >= 4 is 23.5 Å². The largest absolute Gasteiger partial charge is 0.480 e. The van der Waals surface area contributed by atoms with Gasteiger partial charge in [0.1, 0.15) is 11.9 Å². The number of carboxylic acid groups (broad SMARTS) is 1. The molecule has 0 bridgehead atoms. The van der Waals surface area contributed by atoms with Crippen LogP contribution in [0.15, 0.2) is 18.2 Å². The number of amides is 1. The molecule has 0 aromatic heterocycles. The quantitative estimate of drug-likeness (QED) is 0.897. The minimum atomic E-state index is -1.05. The van der Waals surface area contributed by atoms with E-state index >= 15 is 0 Å². The summed E-state index contributed by atoms with van der Waals surface area (Å²) in [4.78, 5) is 24.4. The van der Waals surface area contributed by atoms with Gasteiger partial charge in [-0.1, -0.05) is 17.7 Å². The van der Waals surface area contributed by atoms with E-state index in [1.54, 1.807) is 0 Å². The molecule has 1 fully saturated rings. The van der Waals surface area contributed by atoms with Crippen LogP contribution in [0.2, 0.25) is 5.02 Å². The minimum Gasteiger partial charge on any atom is -0.480 e. The first-order valence-corrected chi connectivity index (χ1v) is 5.88. The molecule has 0 saturated carbocycles. The summed E-state index contributed by atoms with van der Waals surface area (Å²) in [6, 6.07) is 3.07. The van der Waals surface area contributed by atoms with Crippen LogP contribution in [0.3, 0.4) is 0 Å². The molecule has 0 radical (unpaired) electrons. The maximum absolute atomic E-state index is 13.3. The van der Waals surface area contributed by atoms with Gasteiger partial charge in [-0.2, -0.15) is 0 Å². The molecular formula is C12H11ClFNO3. The number of carboxylic acids is 1. The Morgan fingerprint density at radius 3 is 2.83 bits per heavy atom. The summed E-state index contributed by atoms with van der Waals surface area (Å²) < 4.78 is 13.3. The number of rotatable bonds is 2. The summed E-state index contributed by atoms with van der Waals surface area (Å²) in [6.45, 7) is 0.350. The Hall–Kier alpha value is -1.62. The second-order valence-corrected chi connectivity index (χ2v) is 4.47. The fourth-order valence-corrected chi connectivity index (χ4v) is 2.30. The second-order valence-electron chi connectivity index (χ2n) is 4.10. The predicted molar refractivity (Wildman–Crippen MR) is 63.1 cm³/mol. The first kappa shape index (κ1) is 12.8. The Kier molecular flexibility index (Phi) is 3.52. The van der Waals surface area contributed by atoms with Crippen molar-refractivity contribution in [1.82, 2.24) is 4.90 Å². The van der Waals surface area contributed by atoms with Gasteiger partial charge in [0.15, 0.2) is 0 Å². The molecule has 4 nitrogen and oxygen atoms in total. The van der Waals surface area contributed by atoms with Crippen molar-refractivity contribution < 1.29 is 19.1 Å². The van der Waals surface area contributed by atoms with Crippen molar-refractivity contribution in [2.75, 3.05) is 6.54 Å². The summed E-state index contributed by atoms with van der Waals surface area (Å²) in [6.07, 6.45) is 1.03. The fourth-order valence-electron chi connectivity index (χ4n) is 2.09. The van der Waals surface area contributed by atoms with E-state index in [4.69, 9.17) is 16.7 Å². The fraction of sp³-hybridized carbons (Fsp3) is 0.333. The Morgan fingerprint density at radius 2 is 2.17 bits per heavy atom. The molecule has 1 amide bonds. The molecule has 1 N–H and O–H groups in total. The van der Waals surface area contributed by atoms with Crippen LogP contribution in [0, 0.1) is 5.82 Å². The third-order valence-electron chi connectivity index (χ3n) is 2.98. The molecule has 1 saturated heterocycles. The van der Waals surface area contributed by atoms with E-state index in [0.717, 1.165) is 6.07 Å². The average molecular weight is 272 g/mol. The molecule has 96 valence electrons. The van der Waals surface area contributed by atoms with E-state index in [-0.39, 0.29) is 10.6 Å². The number of hydrogen-bond donors (Lipinski definition) is 1. The van der Waals surface area contributed by atoms with Crippen LogP contribution in [0.1, 0.15) is 23.2 Å². The highest BCUT2D eigenvalue weighted by atomic mass is 35.5. The highest BCUT2D eigenvalue weighted by Crippen LogP contribution is 2.25. The molecule has 0 unspecified atom stereocenters. The van der Waals surface area contributed by atoms with E-state index in [1.165, 1.54) is 17.0 Å². The predicted octanol–water partition coefficient (Wildman–Crippen LogP) is 2.17. The van der Waals surface area contributed by atoms with Gasteiger partial charge in [0, 0.05) is 6.54 Å². The van der Waals surface area contributed by atoms with Crippen molar-refractivity contribution in [2.45, 2.75) is 18.9 Å². The first-order valence-electron chi connectivity index (χ1n) is 5.50. The molecule has 1 aromatic carbocycles. The maximum atomic E-state index is 13.3. The van der Waals surface area contributed by atoms with E-state index in [9.17, 15) is 14.0 Å². The normalized spacial score (nSPS) is 19.0. The molecule has 1 heterocycles. The van der Waals surface area contributed by atoms with Crippen molar-refractivity contribution in [1.29, 1.82) is 0 Å². The van der Waals surface area contributed by atoms with Gasteiger partial charge in [-0.15, -0.1) is 0 Å². The molecule has 1 aliphatic rings. The SMILES string of the molecule is O=C(O)[C@@H]1CCCN1C(=O)c1cccc(F)c1Cl. The van der Waals surface area contributed by atoms with Gasteiger partial charge < -0.3 is 10.0 Å². The molecule has 0 spiro atoms. The molecule has 1 atom stereocenters. The van der Waals surface area contributed by atoms with E-state index < -0.39 is 23.7 Å². The Bertz CT molecular complexity index is 506. The van der Waals surface area contributed by atoms with Gasteiger partial charge >= 0.3 is 5.97 Å². The Balaban J connectivity index is 2.31. The van der Waals surface area contributed by atoms with Crippen LogP contribution in [0.25, 0.3) is 0 Å². The molecule has 6 heteroatoms. The number of carbonyl (C=O) groups excluding carboxylic acids is 1. The van der Waals surface area contributed by atoms with Gasteiger partial charge in [0.25, 0.3) is 5.91 Å². The maximum Gasteiger partial charge on any atom is 0.326 e. The van der Waals surface area contributed by atoms with Crippen molar-refractivity contribution in [3.8, 4) is 0 Å². The number of nitrogens with zero attached hydrogens (tertiary/aromatic N) is 1. The van der Waals surface area contributed by atoms with Gasteiger partial charge in [-0.25, -0.2) is 9.18 Å². The lowest BCUT2D eigenvalue weighted by molar-refractivity contribution is -0.141. The molecular weight excluding hydrogens is 261 g/mol. The Morgan fingerprint density at radius 1 is 1.44 bits per heavy atom. The molecule has 0 aliphatic carbocycles. The van der Waals surface area contributed by atoms with Crippen LogP contribution in [0.5, 0.6) is 0 Å². The monoisotopic (exact) mass is 271 g/mol. The number of hydrogen-bond acceptors (Lipinski definition) is 2. The number of benzene rings is 1. The molecule has 2 rings (SSSR count). The van der Waals surface area contributed by atoms with Gasteiger partial charge in [-0.05, 0) is 25.0 Å². The van der Waals surface area contributed by atoms with Crippen molar-refractivity contribution in [3.63, 3.8) is 0 Å². The summed E-state index contributed by atoms with van der Waals surface area (Å²) in [5.74, 6) is -2.27. The molecule has 18 heavy (non-hydrogen) atoms. The minimum absolute atomic E-state index is 0.00446. The number of aliphatic carboxylic acids is 1. The standard InChI is InChI=1S/C12H11ClFNO3/c13-10-7(3-1-4-8(10)14)11(16)15-6-2-5-9(15)12(17)18/h1,3-4,9H,2,5-6H2,(H,17,18)/t9-/m0/s1. The highest BCUT2D eigenvalue weighted by molar-refractivity contribution is 6.34. The van der Waals surface area contributed by atoms with Crippen LogP contribution in [-0.4, -0.2) is 34.5 Å². The van der Waals surface area contributed by atoms with Gasteiger partial charge in [0.2, 0.25) is 0 Å². The smallest absolute Gasteiger partial charge is 0.326 e. The lowest BCUT2D eigenvalue weighted by Gasteiger charge is -2.21. The number of halogens is 2. The van der Waals surface area contributed by atoms with E-state index in [1.807, 2.05) is 0 Å². The lowest BCUT2D eigenvalue weighted by Crippen LogP contribution is -2.40. The number of carbonyl (C=O) groups is 2. The number of likely N-dealkylation sites (tertiary alicyclic amines) is 1. The second kappa shape index (κ2) is 4.94. The van der Waals surface area contributed by atoms with Crippen molar-refractivity contribution in [3.05, 3.63) is 34.6 Å². The molecule has 1 aliphatic heterocycles. The zero-order valence-corrected chi connectivity index (χ0v) is 10.2. The highest BCUT2D eigenvalue weighted by Gasteiger charge is 2.35. The average Bonchev–Trinajstić information content (AvgIpc) is 2.81. The lowest BCUT2D eigenvalue weighted by atomic mass is 10.1. The van der Waals surface area contributed by atoms with Crippen LogP contribution >= 0.6 is 11.6 Å². The molecule has 1 aromatic rings. The van der Waals surface area contributed by atoms with Crippen molar-refractivity contribution in [2.24, 2.45) is 0 Å². The Labute approximate surface area is 108 Å². The van der Waals surface area contributed by atoms with Gasteiger partial charge in [0.05, 0.1) is 10.6 Å². The third-order valence-corrected chi connectivity index (χ3v) is 3.36. The topological polar surface area (TPSA) is 57.6 Å². The summed E-state index contributed by atoms with van der Waals surface area (Å²) in [7, 11) is 0. The third kappa shape index (κ3) is 2.18. The van der Waals surface area contributed by atoms with Crippen LogP contribution < -0.4 is 0 Å².